The molecule has 2 N–H and O–H groups in total. The summed E-state index contributed by atoms with van der Waals surface area (Å²) in [6.07, 6.45) is -3.30. The fraction of sp³-hybridized carbons (Fsp3) is 0.357. The predicted octanol–water partition coefficient (Wildman–Crippen LogP) is 1.92. The molecule has 1 aliphatic rings. The van der Waals surface area contributed by atoms with Crippen molar-refractivity contribution in [1.82, 2.24) is 20.3 Å². The fourth-order valence-corrected chi connectivity index (χ4v) is 1.92. The Labute approximate surface area is 138 Å². The van der Waals surface area contributed by atoms with Gasteiger partial charge in [-0.05, 0) is 6.07 Å². The normalized spacial score (nSPS) is 14.4. The number of rotatable bonds is 3. The van der Waals surface area contributed by atoms with Crippen LogP contribution >= 0.6 is 0 Å². The van der Waals surface area contributed by atoms with E-state index in [4.69, 9.17) is 9.90 Å². The third-order valence-corrected chi connectivity index (χ3v) is 3.36. The average molecular weight is 364 g/mol. The summed E-state index contributed by atoms with van der Waals surface area (Å²) in [6.45, 7) is 1.98. The number of alkyl halides is 3. The van der Waals surface area contributed by atoms with Crippen molar-refractivity contribution in [3.8, 4) is 0 Å². The number of nitrogens with one attached hydrogen (secondary N) is 1. The highest BCUT2D eigenvalue weighted by molar-refractivity contribution is 5.73. The number of aromatic nitrogens is 3. The predicted molar refractivity (Wildman–Crippen MR) is 74.8 cm³/mol. The molecule has 1 saturated heterocycles. The molecule has 2 heterocycles. The Morgan fingerprint density at radius 2 is 1.96 bits per heavy atom. The van der Waals surface area contributed by atoms with Crippen molar-refractivity contribution in [3.05, 3.63) is 47.3 Å². The SMILES string of the molecule is Fc1cccc(Cn2cc(C3CNC3)nn2)c1F.O=C(O)C(F)(F)F. The highest BCUT2D eigenvalue weighted by Crippen LogP contribution is 2.17. The third kappa shape index (κ3) is 4.95. The first-order chi connectivity index (χ1) is 11.7. The number of hydrogen-bond donors (Lipinski definition) is 2. The van der Waals surface area contributed by atoms with E-state index in [1.807, 2.05) is 0 Å². The Morgan fingerprint density at radius 1 is 1.32 bits per heavy atom. The molecule has 25 heavy (non-hydrogen) atoms. The Morgan fingerprint density at radius 3 is 2.48 bits per heavy atom. The molecule has 1 aromatic heterocycles. The molecule has 1 aromatic carbocycles. The van der Waals surface area contributed by atoms with Crippen LogP contribution in [0.25, 0.3) is 0 Å². The van der Waals surface area contributed by atoms with Gasteiger partial charge in [0.2, 0.25) is 0 Å². The van der Waals surface area contributed by atoms with Crippen LogP contribution in [0.5, 0.6) is 0 Å². The molecule has 2 aromatic rings. The molecule has 0 spiro atoms. The minimum Gasteiger partial charge on any atom is -0.475 e. The summed E-state index contributed by atoms with van der Waals surface area (Å²) in [4.78, 5) is 8.90. The maximum Gasteiger partial charge on any atom is 0.490 e. The molecule has 11 heteroatoms. The molecule has 0 bridgehead atoms. The van der Waals surface area contributed by atoms with E-state index in [1.165, 1.54) is 10.7 Å². The number of carboxylic acid groups (broad SMARTS) is 1. The van der Waals surface area contributed by atoms with Gasteiger partial charge in [0.25, 0.3) is 0 Å². The van der Waals surface area contributed by atoms with Crippen LogP contribution in [0.1, 0.15) is 17.2 Å². The first kappa shape index (κ1) is 18.8. The van der Waals surface area contributed by atoms with Crippen molar-refractivity contribution in [1.29, 1.82) is 0 Å². The lowest BCUT2D eigenvalue weighted by Crippen LogP contribution is -2.40. The Bertz CT molecular complexity index is 743. The lowest BCUT2D eigenvalue weighted by molar-refractivity contribution is -0.192. The lowest BCUT2D eigenvalue weighted by Gasteiger charge is -2.24. The zero-order valence-corrected chi connectivity index (χ0v) is 12.6. The Balaban J connectivity index is 0.000000277. The van der Waals surface area contributed by atoms with Gasteiger partial charge in [-0.3, -0.25) is 0 Å². The van der Waals surface area contributed by atoms with Gasteiger partial charge in [-0.1, -0.05) is 17.3 Å². The number of aliphatic carboxylic acids is 1. The highest BCUT2D eigenvalue weighted by atomic mass is 19.4. The van der Waals surface area contributed by atoms with Gasteiger partial charge in [-0.2, -0.15) is 13.2 Å². The third-order valence-electron chi connectivity index (χ3n) is 3.36. The monoisotopic (exact) mass is 364 g/mol. The van der Waals surface area contributed by atoms with Gasteiger partial charge in [0, 0.05) is 30.8 Å². The van der Waals surface area contributed by atoms with Crippen LogP contribution in [-0.4, -0.2) is 45.3 Å². The lowest BCUT2D eigenvalue weighted by atomic mass is 10.0. The molecular weight excluding hydrogens is 351 g/mol. The second-order valence-electron chi connectivity index (χ2n) is 5.21. The first-order valence-electron chi connectivity index (χ1n) is 7.02. The second kappa shape index (κ2) is 7.55. The molecule has 1 fully saturated rings. The summed E-state index contributed by atoms with van der Waals surface area (Å²) in [6, 6.07) is 4.14. The maximum absolute atomic E-state index is 13.5. The van der Waals surface area contributed by atoms with Crippen molar-refractivity contribution in [2.45, 2.75) is 18.6 Å². The fourth-order valence-electron chi connectivity index (χ4n) is 1.92. The molecule has 6 nitrogen and oxygen atoms in total. The van der Waals surface area contributed by atoms with Gasteiger partial charge in [0.1, 0.15) is 0 Å². The van der Waals surface area contributed by atoms with E-state index in [0.29, 0.717) is 5.92 Å². The molecule has 0 unspecified atom stereocenters. The summed E-state index contributed by atoms with van der Waals surface area (Å²) in [5.74, 6) is -4.03. The number of halogens is 5. The van der Waals surface area contributed by atoms with Crippen molar-refractivity contribution >= 4 is 5.97 Å². The molecule has 1 aliphatic heterocycles. The largest absolute Gasteiger partial charge is 0.490 e. The quantitative estimate of drug-likeness (QED) is 0.814. The van der Waals surface area contributed by atoms with Crippen molar-refractivity contribution in [3.63, 3.8) is 0 Å². The van der Waals surface area contributed by atoms with Gasteiger partial charge in [0.05, 0.1) is 12.2 Å². The summed E-state index contributed by atoms with van der Waals surface area (Å²) < 4.78 is 59.8. The number of carboxylic acids is 1. The van der Waals surface area contributed by atoms with Gasteiger partial charge < -0.3 is 10.4 Å². The topological polar surface area (TPSA) is 80.0 Å². The van der Waals surface area contributed by atoms with Crippen molar-refractivity contribution in [2.75, 3.05) is 13.1 Å². The highest BCUT2D eigenvalue weighted by Gasteiger charge is 2.38. The Hall–Kier alpha value is -2.56. The molecule has 0 saturated carbocycles. The molecule has 136 valence electrons. The van der Waals surface area contributed by atoms with Gasteiger partial charge in [-0.25, -0.2) is 18.3 Å². The average Bonchev–Trinajstić information content (AvgIpc) is 2.90. The summed E-state index contributed by atoms with van der Waals surface area (Å²) in [5.41, 5.74) is 1.17. The van der Waals surface area contributed by atoms with Crippen LogP contribution in [0, 0.1) is 11.6 Å². The summed E-state index contributed by atoms with van der Waals surface area (Å²) in [7, 11) is 0. The van der Waals surface area contributed by atoms with Crippen LogP contribution < -0.4 is 5.32 Å². The minimum atomic E-state index is -5.08. The van der Waals surface area contributed by atoms with Crippen LogP contribution in [0.4, 0.5) is 22.0 Å². The molecule has 3 rings (SSSR count). The van der Waals surface area contributed by atoms with Gasteiger partial charge in [0.15, 0.2) is 11.6 Å². The smallest absolute Gasteiger partial charge is 0.475 e. The number of nitrogens with zero attached hydrogens (tertiary/aromatic N) is 3. The van der Waals surface area contributed by atoms with Crippen LogP contribution in [0.3, 0.4) is 0 Å². The molecule has 0 aliphatic carbocycles. The standard InChI is InChI=1S/C12H12F2N4.C2HF3O2/c13-10-3-1-2-8(12(10)14)6-18-7-11(16-17-18)9-4-15-5-9;3-2(4,5)1(6)7/h1-3,7,9,15H,4-6H2;(H,6,7). The van der Waals surface area contributed by atoms with Crippen LogP contribution in [-0.2, 0) is 11.3 Å². The maximum atomic E-state index is 13.5. The van der Waals surface area contributed by atoms with Crippen molar-refractivity contribution < 1.29 is 31.9 Å². The van der Waals surface area contributed by atoms with Crippen molar-refractivity contribution in [2.24, 2.45) is 0 Å². The number of carbonyl (C=O) groups is 1. The number of hydrogen-bond acceptors (Lipinski definition) is 4. The second-order valence-corrected chi connectivity index (χ2v) is 5.21. The summed E-state index contributed by atoms with van der Waals surface area (Å²) >= 11 is 0. The minimum absolute atomic E-state index is 0.191. The molecular formula is C14H13F5N4O2. The van der Waals surface area contributed by atoms with Crippen LogP contribution in [0.2, 0.25) is 0 Å². The van der Waals surface area contributed by atoms with Gasteiger partial charge in [-0.15, -0.1) is 5.10 Å². The van der Waals surface area contributed by atoms with E-state index in [0.717, 1.165) is 24.8 Å². The zero-order chi connectivity index (χ0) is 18.6. The molecule has 0 atom stereocenters. The molecule has 0 radical (unpaired) electrons. The van der Waals surface area contributed by atoms with E-state index in [2.05, 4.69) is 15.6 Å². The zero-order valence-electron chi connectivity index (χ0n) is 12.6. The van der Waals surface area contributed by atoms with Crippen LogP contribution in [0.15, 0.2) is 24.4 Å². The first-order valence-corrected chi connectivity index (χ1v) is 7.02. The van der Waals surface area contributed by atoms with E-state index >= 15 is 0 Å². The summed E-state index contributed by atoms with van der Waals surface area (Å²) in [5, 5.41) is 18.3. The van der Waals surface area contributed by atoms with E-state index in [-0.39, 0.29) is 12.1 Å². The van der Waals surface area contributed by atoms with Gasteiger partial charge >= 0.3 is 12.1 Å². The molecule has 0 amide bonds. The van der Waals surface area contributed by atoms with E-state index in [9.17, 15) is 22.0 Å². The number of benzene rings is 1. The van der Waals surface area contributed by atoms with E-state index < -0.39 is 23.8 Å². The Kier molecular flexibility index (Phi) is 5.67. The van der Waals surface area contributed by atoms with E-state index in [1.54, 1.807) is 12.3 Å².